The van der Waals surface area contributed by atoms with Gasteiger partial charge in [0.2, 0.25) is 0 Å². The molecule has 1 aromatic carbocycles. The largest absolute Gasteiger partial charge is 0.481 e. The minimum atomic E-state index is -0.843. The molecule has 1 heterocycles. The summed E-state index contributed by atoms with van der Waals surface area (Å²) in [6.07, 6.45) is 2.88. The van der Waals surface area contributed by atoms with Gasteiger partial charge in [0.25, 0.3) is 0 Å². The third-order valence-electron chi connectivity index (χ3n) is 3.25. The lowest BCUT2D eigenvalue weighted by molar-refractivity contribution is -0.133. The Morgan fingerprint density at radius 3 is 2.67 bits per heavy atom. The summed E-state index contributed by atoms with van der Waals surface area (Å²) in [7, 11) is 0. The number of aliphatic carboxylic acids is 1. The van der Waals surface area contributed by atoms with Crippen LogP contribution in [0.3, 0.4) is 0 Å². The van der Waals surface area contributed by atoms with Crippen LogP contribution >= 0.6 is 23.4 Å². The van der Waals surface area contributed by atoms with Crippen LogP contribution in [0.15, 0.2) is 29.4 Å². The minimum absolute atomic E-state index is 0.00575. The molecule has 0 unspecified atom stereocenters. The number of hydrogen-bond acceptors (Lipinski definition) is 4. The van der Waals surface area contributed by atoms with Crippen LogP contribution < -0.4 is 0 Å². The number of aromatic nitrogens is 3. The second-order valence-corrected chi connectivity index (χ2v) is 6.36. The topological polar surface area (TPSA) is 68.0 Å². The van der Waals surface area contributed by atoms with Gasteiger partial charge in [0.1, 0.15) is 5.82 Å². The van der Waals surface area contributed by atoms with E-state index >= 15 is 0 Å². The third-order valence-corrected chi connectivity index (χ3v) is 4.43. The maximum absolute atomic E-state index is 10.7. The monoisotopic (exact) mass is 323 g/mol. The highest BCUT2D eigenvalue weighted by Crippen LogP contribution is 2.39. The first-order valence-corrected chi connectivity index (χ1v) is 8.02. The standard InChI is InChI=1S/C14H14ClN3O2S/c15-10-3-1-9(2-4-10)7-12-16-17-14(21-8-13(19)20)18(12)11-5-6-11/h1-4,11H,5-8H2,(H,19,20). The molecule has 0 saturated heterocycles. The van der Waals surface area contributed by atoms with Gasteiger partial charge in [-0.1, -0.05) is 35.5 Å². The molecule has 0 aliphatic heterocycles. The van der Waals surface area contributed by atoms with Gasteiger partial charge in [0.05, 0.1) is 5.75 Å². The van der Waals surface area contributed by atoms with Crippen molar-refractivity contribution in [1.29, 1.82) is 0 Å². The molecule has 5 nitrogen and oxygen atoms in total. The Bertz CT molecular complexity index is 653. The number of thioether (sulfide) groups is 1. The van der Waals surface area contributed by atoms with Crippen LogP contribution in [-0.2, 0) is 11.2 Å². The third kappa shape index (κ3) is 3.57. The van der Waals surface area contributed by atoms with E-state index in [0.717, 1.165) is 24.2 Å². The SMILES string of the molecule is O=C(O)CSc1nnc(Cc2ccc(Cl)cc2)n1C1CC1. The van der Waals surface area contributed by atoms with Crippen LogP contribution in [0.25, 0.3) is 0 Å². The smallest absolute Gasteiger partial charge is 0.313 e. The summed E-state index contributed by atoms with van der Waals surface area (Å²) < 4.78 is 2.09. The molecule has 0 radical (unpaired) electrons. The van der Waals surface area contributed by atoms with Gasteiger partial charge >= 0.3 is 5.97 Å². The van der Waals surface area contributed by atoms with Gasteiger partial charge in [-0.15, -0.1) is 10.2 Å². The lowest BCUT2D eigenvalue weighted by Gasteiger charge is -2.08. The van der Waals surface area contributed by atoms with Crippen molar-refractivity contribution < 1.29 is 9.90 Å². The number of carboxylic acid groups (broad SMARTS) is 1. The van der Waals surface area contributed by atoms with Crippen molar-refractivity contribution in [2.45, 2.75) is 30.5 Å². The molecule has 1 aromatic heterocycles. The molecular weight excluding hydrogens is 310 g/mol. The van der Waals surface area contributed by atoms with Crippen molar-refractivity contribution in [3.05, 3.63) is 40.7 Å². The molecule has 3 rings (SSSR count). The summed E-state index contributed by atoms with van der Waals surface area (Å²) in [6, 6.07) is 8.07. The number of carbonyl (C=O) groups is 1. The summed E-state index contributed by atoms with van der Waals surface area (Å²) >= 11 is 7.12. The predicted molar refractivity (Wildman–Crippen MR) is 80.9 cm³/mol. The molecule has 1 saturated carbocycles. The first-order chi connectivity index (χ1) is 10.1. The Kier molecular flexibility index (Phi) is 4.17. The molecular formula is C14H14ClN3O2S. The van der Waals surface area contributed by atoms with Crippen LogP contribution in [0.4, 0.5) is 0 Å². The average Bonchev–Trinajstić information content (AvgIpc) is 3.21. The predicted octanol–water partition coefficient (Wildman–Crippen LogP) is 3.03. The second-order valence-electron chi connectivity index (χ2n) is 4.99. The van der Waals surface area contributed by atoms with Crippen molar-refractivity contribution in [3.8, 4) is 0 Å². The van der Waals surface area contributed by atoms with E-state index in [0.29, 0.717) is 22.6 Å². The first kappa shape index (κ1) is 14.4. The average molecular weight is 324 g/mol. The highest BCUT2D eigenvalue weighted by molar-refractivity contribution is 7.99. The van der Waals surface area contributed by atoms with E-state index in [1.165, 1.54) is 11.8 Å². The molecule has 0 atom stereocenters. The fraction of sp³-hybridized carbons (Fsp3) is 0.357. The van der Waals surface area contributed by atoms with E-state index in [4.69, 9.17) is 16.7 Å². The van der Waals surface area contributed by atoms with Crippen LogP contribution in [0, 0.1) is 0 Å². The second kappa shape index (κ2) is 6.07. The van der Waals surface area contributed by atoms with Gasteiger partial charge in [0, 0.05) is 17.5 Å². The molecule has 7 heteroatoms. The molecule has 2 aromatic rings. The Labute approximate surface area is 131 Å². The summed E-state index contributed by atoms with van der Waals surface area (Å²) in [5.74, 6) is 0.0449. The Balaban J connectivity index is 1.81. The highest BCUT2D eigenvalue weighted by Gasteiger charge is 2.29. The maximum Gasteiger partial charge on any atom is 0.313 e. The molecule has 110 valence electrons. The normalized spacial score (nSPS) is 14.3. The number of benzene rings is 1. The summed E-state index contributed by atoms with van der Waals surface area (Å²) in [5.41, 5.74) is 1.11. The number of nitrogens with zero attached hydrogens (tertiary/aromatic N) is 3. The van der Waals surface area contributed by atoms with Gasteiger partial charge in [0.15, 0.2) is 5.16 Å². The Morgan fingerprint density at radius 2 is 2.05 bits per heavy atom. The van der Waals surface area contributed by atoms with E-state index in [1.807, 2.05) is 24.3 Å². The van der Waals surface area contributed by atoms with Crippen molar-refractivity contribution in [2.75, 3.05) is 5.75 Å². The lowest BCUT2D eigenvalue weighted by atomic mass is 10.1. The molecule has 1 N–H and O–H groups in total. The molecule has 1 aliphatic carbocycles. The minimum Gasteiger partial charge on any atom is -0.481 e. The Hall–Kier alpha value is -1.53. The number of hydrogen-bond donors (Lipinski definition) is 1. The van der Waals surface area contributed by atoms with Crippen LogP contribution in [0.5, 0.6) is 0 Å². The van der Waals surface area contributed by atoms with Crippen LogP contribution in [0.2, 0.25) is 5.02 Å². The maximum atomic E-state index is 10.7. The van der Waals surface area contributed by atoms with Crippen molar-refractivity contribution in [1.82, 2.24) is 14.8 Å². The van der Waals surface area contributed by atoms with Gasteiger partial charge in [-0.25, -0.2) is 0 Å². The fourth-order valence-electron chi connectivity index (χ4n) is 2.14. The highest BCUT2D eigenvalue weighted by atomic mass is 35.5. The molecule has 0 bridgehead atoms. The molecule has 0 spiro atoms. The summed E-state index contributed by atoms with van der Waals surface area (Å²) in [4.78, 5) is 10.7. The number of halogens is 1. The van der Waals surface area contributed by atoms with E-state index in [1.54, 1.807) is 0 Å². The van der Waals surface area contributed by atoms with Gasteiger partial charge in [-0.2, -0.15) is 0 Å². The van der Waals surface area contributed by atoms with E-state index in [-0.39, 0.29) is 5.75 Å². The van der Waals surface area contributed by atoms with Gasteiger partial charge in [-0.05, 0) is 30.5 Å². The molecule has 1 fully saturated rings. The van der Waals surface area contributed by atoms with Gasteiger partial charge < -0.3 is 9.67 Å². The van der Waals surface area contributed by atoms with E-state index in [9.17, 15) is 4.79 Å². The summed E-state index contributed by atoms with van der Waals surface area (Å²) in [6.45, 7) is 0. The van der Waals surface area contributed by atoms with Crippen LogP contribution in [-0.4, -0.2) is 31.6 Å². The molecule has 1 aliphatic rings. The van der Waals surface area contributed by atoms with Crippen molar-refractivity contribution in [2.24, 2.45) is 0 Å². The van der Waals surface area contributed by atoms with Crippen molar-refractivity contribution in [3.63, 3.8) is 0 Å². The van der Waals surface area contributed by atoms with E-state index in [2.05, 4.69) is 14.8 Å². The summed E-state index contributed by atoms with van der Waals surface area (Å²) in [5, 5.41) is 18.6. The van der Waals surface area contributed by atoms with Crippen molar-refractivity contribution >= 4 is 29.3 Å². The molecule has 21 heavy (non-hydrogen) atoms. The first-order valence-electron chi connectivity index (χ1n) is 6.66. The zero-order valence-corrected chi connectivity index (χ0v) is 12.8. The van der Waals surface area contributed by atoms with Gasteiger partial charge in [-0.3, -0.25) is 4.79 Å². The quantitative estimate of drug-likeness (QED) is 0.828. The Morgan fingerprint density at radius 1 is 1.33 bits per heavy atom. The lowest BCUT2D eigenvalue weighted by Crippen LogP contribution is -2.05. The number of rotatable bonds is 6. The number of carboxylic acids is 1. The zero-order chi connectivity index (χ0) is 14.8. The van der Waals surface area contributed by atoms with E-state index < -0.39 is 5.97 Å². The zero-order valence-electron chi connectivity index (χ0n) is 11.2. The molecule has 0 amide bonds. The van der Waals surface area contributed by atoms with Crippen LogP contribution in [0.1, 0.15) is 30.3 Å². The fourth-order valence-corrected chi connectivity index (χ4v) is 3.01.